The van der Waals surface area contributed by atoms with Crippen molar-refractivity contribution in [1.82, 2.24) is 24.9 Å². The molecule has 4 fully saturated rings. The highest BCUT2D eigenvalue weighted by Gasteiger charge is 2.58. The minimum atomic E-state index is -4.57. The van der Waals surface area contributed by atoms with E-state index in [1.54, 1.807) is 17.1 Å². The summed E-state index contributed by atoms with van der Waals surface area (Å²) < 4.78 is 46.0. The lowest BCUT2D eigenvalue weighted by atomic mass is 9.87. The highest BCUT2D eigenvalue weighted by Crippen LogP contribution is 2.39. The summed E-state index contributed by atoms with van der Waals surface area (Å²) in [5.74, 6) is -1.50. The van der Waals surface area contributed by atoms with Crippen LogP contribution in [0.15, 0.2) is 91.0 Å². The number of amides is 4. The van der Waals surface area contributed by atoms with Gasteiger partial charge >= 0.3 is 12.3 Å². The van der Waals surface area contributed by atoms with Gasteiger partial charge in [0.1, 0.15) is 18.7 Å². The van der Waals surface area contributed by atoms with Crippen LogP contribution in [0.3, 0.4) is 0 Å². The van der Waals surface area contributed by atoms with Crippen molar-refractivity contribution < 1.29 is 37.1 Å². The quantitative estimate of drug-likeness (QED) is 0.240. The molecule has 13 heteroatoms. The molecule has 3 aromatic rings. The van der Waals surface area contributed by atoms with Crippen LogP contribution in [-0.2, 0) is 31.8 Å². The first-order valence-corrected chi connectivity index (χ1v) is 19.1. The molecule has 0 bridgehead atoms. The predicted molar refractivity (Wildman–Crippen MR) is 199 cm³/mol. The molecule has 10 nitrogen and oxygen atoms in total. The maximum absolute atomic E-state index is 14.5. The Bertz CT molecular complexity index is 1860. The van der Waals surface area contributed by atoms with E-state index in [2.05, 4.69) is 10.2 Å². The fourth-order valence-corrected chi connectivity index (χ4v) is 8.34. The average Bonchev–Trinajstić information content (AvgIpc) is 3.58. The van der Waals surface area contributed by atoms with Gasteiger partial charge in [0.15, 0.2) is 0 Å². The van der Waals surface area contributed by atoms with Crippen molar-refractivity contribution in [3.8, 4) is 0 Å². The van der Waals surface area contributed by atoms with Gasteiger partial charge in [0, 0.05) is 25.7 Å². The number of piperidine rings is 2. The molecule has 0 unspecified atom stereocenters. The molecule has 4 amide bonds. The van der Waals surface area contributed by atoms with Crippen molar-refractivity contribution in [1.29, 1.82) is 0 Å². The van der Waals surface area contributed by atoms with E-state index in [0.717, 1.165) is 49.2 Å². The van der Waals surface area contributed by atoms with Gasteiger partial charge in [-0.25, -0.2) is 4.79 Å². The molecule has 0 saturated carbocycles. The van der Waals surface area contributed by atoms with Crippen LogP contribution in [0.2, 0.25) is 0 Å². The van der Waals surface area contributed by atoms with E-state index < -0.39 is 53.8 Å². The average molecular weight is 758 g/mol. The first kappa shape index (κ1) is 38.1. The summed E-state index contributed by atoms with van der Waals surface area (Å²) in [6, 6.07) is 19.9. The summed E-state index contributed by atoms with van der Waals surface area (Å²) in [6.07, 6.45) is 3.19. The van der Waals surface area contributed by atoms with Gasteiger partial charge in [0.05, 0.1) is 24.1 Å². The molecule has 0 spiro atoms. The number of carbonyl (C=O) groups excluding carboxylic acids is 4. The molecular formula is C42H46F3N5O5. The molecule has 3 aromatic carbocycles. The number of nitrogens with zero attached hydrogens (tertiary/aromatic N) is 4. The number of benzene rings is 3. The number of likely N-dealkylation sites (tertiary alicyclic amines) is 3. The van der Waals surface area contributed by atoms with E-state index in [0.29, 0.717) is 19.1 Å². The highest BCUT2D eigenvalue weighted by molar-refractivity contribution is 5.99. The number of halogens is 3. The summed E-state index contributed by atoms with van der Waals surface area (Å²) in [7, 11) is 0. The minimum Gasteiger partial charge on any atom is -0.447 e. The van der Waals surface area contributed by atoms with E-state index in [-0.39, 0.29) is 31.0 Å². The largest absolute Gasteiger partial charge is 0.447 e. The molecule has 55 heavy (non-hydrogen) atoms. The zero-order chi connectivity index (χ0) is 38.5. The Hall–Kier alpha value is -5.17. The van der Waals surface area contributed by atoms with Crippen LogP contribution in [0, 0.1) is 0 Å². The van der Waals surface area contributed by atoms with Crippen LogP contribution >= 0.6 is 0 Å². The van der Waals surface area contributed by atoms with E-state index >= 15 is 0 Å². The molecular weight excluding hydrogens is 711 g/mol. The monoisotopic (exact) mass is 757 g/mol. The van der Waals surface area contributed by atoms with Gasteiger partial charge in [-0.3, -0.25) is 19.3 Å². The Labute approximate surface area is 318 Å². The van der Waals surface area contributed by atoms with Gasteiger partial charge in [-0.1, -0.05) is 91.4 Å². The van der Waals surface area contributed by atoms with Crippen molar-refractivity contribution in [3.05, 3.63) is 113 Å². The number of nitrogens with one attached hydrogen (secondary N) is 1. The number of cyclic esters (lactones) is 1. The zero-order valence-corrected chi connectivity index (χ0v) is 30.6. The van der Waals surface area contributed by atoms with E-state index in [9.17, 15) is 32.3 Å². The van der Waals surface area contributed by atoms with Gasteiger partial charge < -0.3 is 24.8 Å². The molecule has 4 aliphatic rings. The SMILES string of the molecule is O=C(NCc1cccc(C(F)(F)F)c1)[C@@H](CC(=O)N1CCC(N2CCCCC2)CC1)N1C(=O)[C@@H](N2C(=O)OC[C@@H]2c2ccccc2)[C@H]1/C=C/c1ccccc1. The second-order valence-corrected chi connectivity index (χ2v) is 14.7. The van der Waals surface area contributed by atoms with Gasteiger partial charge in [0.25, 0.3) is 0 Å². The van der Waals surface area contributed by atoms with Crippen LogP contribution < -0.4 is 5.32 Å². The second kappa shape index (κ2) is 16.7. The van der Waals surface area contributed by atoms with Crippen LogP contribution in [0.25, 0.3) is 6.08 Å². The maximum atomic E-state index is 14.5. The summed E-state index contributed by atoms with van der Waals surface area (Å²) in [6.45, 7) is 2.93. The van der Waals surface area contributed by atoms with Crippen molar-refractivity contribution in [2.24, 2.45) is 0 Å². The minimum absolute atomic E-state index is 0.0362. The number of carbonyl (C=O) groups is 4. The highest BCUT2D eigenvalue weighted by atomic mass is 19.4. The normalized spacial score (nSPS) is 23.1. The van der Waals surface area contributed by atoms with Crippen LogP contribution in [0.5, 0.6) is 0 Å². The maximum Gasteiger partial charge on any atom is 0.416 e. The molecule has 4 saturated heterocycles. The van der Waals surface area contributed by atoms with Gasteiger partial charge in [-0.05, 0) is 67.6 Å². The Balaban J connectivity index is 1.16. The molecule has 1 N–H and O–H groups in total. The first-order chi connectivity index (χ1) is 26.6. The Kier molecular flexibility index (Phi) is 11.6. The zero-order valence-electron chi connectivity index (χ0n) is 30.6. The molecule has 4 heterocycles. The summed E-state index contributed by atoms with van der Waals surface area (Å²) >= 11 is 0. The molecule has 4 aliphatic heterocycles. The van der Waals surface area contributed by atoms with Crippen molar-refractivity contribution in [2.45, 2.75) is 81.5 Å². The second-order valence-electron chi connectivity index (χ2n) is 14.7. The Morgan fingerprint density at radius 2 is 1.56 bits per heavy atom. The summed E-state index contributed by atoms with van der Waals surface area (Å²) in [5.41, 5.74) is 0.967. The van der Waals surface area contributed by atoms with E-state index in [1.807, 2.05) is 60.7 Å². The lowest BCUT2D eigenvalue weighted by Gasteiger charge is -2.52. The smallest absolute Gasteiger partial charge is 0.416 e. The van der Waals surface area contributed by atoms with Crippen LogP contribution in [-0.4, -0.2) is 100 Å². The summed E-state index contributed by atoms with van der Waals surface area (Å²) in [4.78, 5) is 63.1. The molecule has 0 aromatic heterocycles. The Morgan fingerprint density at radius 1 is 0.873 bits per heavy atom. The third kappa shape index (κ3) is 8.56. The van der Waals surface area contributed by atoms with Crippen LogP contribution in [0.4, 0.5) is 18.0 Å². The lowest BCUT2D eigenvalue weighted by Crippen LogP contribution is -2.74. The van der Waals surface area contributed by atoms with E-state index in [4.69, 9.17) is 4.74 Å². The van der Waals surface area contributed by atoms with Crippen molar-refractivity contribution in [3.63, 3.8) is 0 Å². The van der Waals surface area contributed by atoms with Gasteiger partial charge in [-0.15, -0.1) is 0 Å². The molecule has 290 valence electrons. The third-order valence-electron chi connectivity index (χ3n) is 11.3. The molecule has 7 rings (SSSR count). The Morgan fingerprint density at radius 3 is 2.25 bits per heavy atom. The van der Waals surface area contributed by atoms with Crippen molar-refractivity contribution >= 4 is 29.9 Å². The van der Waals surface area contributed by atoms with E-state index in [1.165, 1.54) is 41.2 Å². The molecule has 0 aliphatic carbocycles. The number of hydrogen-bond donors (Lipinski definition) is 1. The standard InChI is InChI=1S/C42H46F3N5O5/c43-42(44,45)32-16-10-13-30(25-32)27-46-39(52)35(26-37(51)48-23-19-33(20-24-48)47-21-8-3-9-22-47)49-34(18-17-29-11-4-1-5-12-29)38(40(49)53)50-36(28-55-41(50)54)31-14-6-2-7-15-31/h1-2,4-7,10-18,25,33-36,38H,3,8-9,19-24,26-28H2,(H,46,52)/b18-17+/t34-,35-,36-,38+/m1/s1. The number of hydrogen-bond acceptors (Lipinski definition) is 6. The fourth-order valence-electron chi connectivity index (χ4n) is 8.34. The molecule has 0 radical (unpaired) electrons. The number of rotatable bonds is 11. The number of ether oxygens (including phenoxy) is 1. The fraction of sp³-hybridized carbons (Fsp3) is 0.429. The number of β-lactam (4-membered cyclic amide) rings is 1. The summed E-state index contributed by atoms with van der Waals surface area (Å²) in [5, 5.41) is 2.72. The van der Waals surface area contributed by atoms with Gasteiger partial charge in [0.2, 0.25) is 17.7 Å². The van der Waals surface area contributed by atoms with Crippen molar-refractivity contribution in [2.75, 3.05) is 32.8 Å². The van der Waals surface area contributed by atoms with Gasteiger partial charge in [-0.2, -0.15) is 13.2 Å². The predicted octanol–water partition coefficient (Wildman–Crippen LogP) is 6.04. The number of alkyl halides is 3. The first-order valence-electron chi connectivity index (χ1n) is 19.1. The molecule has 4 atom stereocenters. The third-order valence-corrected chi connectivity index (χ3v) is 11.3. The van der Waals surface area contributed by atoms with Crippen LogP contribution in [0.1, 0.15) is 66.8 Å². The lowest BCUT2D eigenvalue weighted by molar-refractivity contribution is -0.164. The topological polar surface area (TPSA) is 103 Å².